The first kappa shape index (κ1) is 13.8. The fourth-order valence-electron chi connectivity index (χ4n) is 3.97. The molecule has 2 heteroatoms. The summed E-state index contributed by atoms with van der Waals surface area (Å²) in [6.07, 6.45) is 9.85. The van der Waals surface area contributed by atoms with E-state index in [1.807, 2.05) is 24.3 Å². The molecule has 0 saturated heterocycles. The van der Waals surface area contributed by atoms with E-state index in [0.29, 0.717) is 6.42 Å². The minimum atomic E-state index is -1.13. The van der Waals surface area contributed by atoms with Gasteiger partial charge in [0, 0.05) is 11.5 Å². The molecule has 0 unspecified atom stereocenters. The van der Waals surface area contributed by atoms with E-state index in [1.54, 1.807) is 0 Å². The number of hydrogen-bond donors (Lipinski definition) is 1. The second kappa shape index (κ2) is 5.69. The fraction of sp³-hybridized carbons (Fsp3) is 0.611. The molecule has 1 aromatic rings. The molecule has 0 bridgehead atoms. The number of aliphatic hydroxyl groups is 1. The Morgan fingerprint density at radius 3 is 2.40 bits per heavy atom. The minimum absolute atomic E-state index is 0.0179. The van der Waals surface area contributed by atoms with Gasteiger partial charge >= 0.3 is 0 Å². The van der Waals surface area contributed by atoms with Crippen molar-refractivity contribution in [2.45, 2.75) is 69.3 Å². The van der Waals surface area contributed by atoms with Crippen molar-refractivity contribution < 1.29 is 9.90 Å². The van der Waals surface area contributed by atoms with Gasteiger partial charge in [0.15, 0.2) is 5.78 Å². The van der Waals surface area contributed by atoms with Crippen molar-refractivity contribution in [1.29, 1.82) is 0 Å². The van der Waals surface area contributed by atoms with E-state index >= 15 is 0 Å². The molecule has 108 valence electrons. The first-order chi connectivity index (χ1) is 9.73. The molecule has 2 atom stereocenters. The summed E-state index contributed by atoms with van der Waals surface area (Å²) in [5.74, 6) is -0.0124. The van der Waals surface area contributed by atoms with Gasteiger partial charge in [-0.05, 0) is 18.4 Å². The van der Waals surface area contributed by atoms with Crippen LogP contribution in [0, 0.1) is 0 Å². The summed E-state index contributed by atoms with van der Waals surface area (Å²) in [7, 11) is 0. The van der Waals surface area contributed by atoms with Crippen molar-refractivity contribution in [2.24, 2.45) is 0 Å². The average Bonchev–Trinajstić information content (AvgIpc) is 2.66. The van der Waals surface area contributed by atoms with Crippen LogP contribution in [0.25, 0.3) is 0 Å². The number of Topliss-reactive ketones (excluding diaryl/α,β-unsaturated/α-hetero) is 1. The number of ketones is 1. The molecule has 0 heterocycles. The maximum absolute atomic E-state index is 12.7. The van der Waals surface area contributed by atoms with Crippen LogP contribution in [0.1, 0.15) is 79.6 Å². The zero-order chi connectivity index (χ0) is 14.0. The Hall–Kier alpha value is -1.15. The standard InChI is InChI=1S/C18H24O2/c19-17-15-11-8-7-10-14(15)16-12-6-4-2-1-3-5-9-13-18(16,17)20/h7-8,10-11,16,20H,1-6,9,12-13H2/t16-,18-/m0/s1. The van der Waals surface area contributed by atoms with Gasteiger partial charge in [0.1, 0.15) is 5.60 Å². The van der Waals surface area contributed by atoms with Crippen LogP contribution < -0.4 is 0 Å². The topological polar surface area (TPSA) is 37.3 Å². The van der Waals surface area contributed by atoms with Gasteiger partial charge < -0.3 is 5.11 Å². The van der Waals surface area contributed by atoms with Crippen molar-refractivity contribution in [3.05, 3.63) is 35.4 Å². The molecule has 2 aliphatic carbocycles. The van der Waals surface area contributed by atoms with Crippen molar-refractivity contribution in [3.63, 3.8) is 0 Å². The minimum Gasteiger partial charge on any atom is -0.381 e. The summed E-state index contributed by atoms with van der Waals surface area (Å²) < 4.78 is 0. The highest BCUT2D eigenvalue weighted by Gasteiger charge is 2.50. The van der Waals surface area contributed by atoms with E-state index in [2.05, 4.69) is 0 Å². The van der Waals surface area contributed by atoms with E-state index in [-0.39, 0.29) is 11.7 Å². The number of benzene rings is 1. The molecule has 3 rings (SSSR count). The van der Waals surface area contributed by atoms with Crippen molar-refractivity contribution in [3.8, 4) is 0 Å². The quantitative estimate of drug-likeness (QED) is 0.767. The molecule has 0 amide bonds. The number of fused-ring (bicyclic) bond motifs is 3. The summed E-state index contributed by atoms with van der Waals surface area (Å²) in [6, 6.07) is 7.82. The van der Waals surface area contributed by atoms with E-state index in [0.717, 1.165) is 36.8 Å². The Balaban J connectivity index is 1.93. The van der Waals surface area contributed by atoms with Crippen molar-refractivity contribution >= 4 is 5.78 Å². The molecule has 0 spiro atoms. The van der Waals surface area contributed by atoms with Crippen LogP contribution in [-0.2, 0) is 0 Å². The zero-order valence-corrected chi connectivity index (χ0v) is 12.1. The number of carbonyl (C=O) groups excluding carboxylic acids is 1. The predicted molar refractivity (Wildman–Crippen MR) is 80.0 cm³/mol. The molecule has 0 radical (unpaired) electrons. The summed E-state index contributed by atoms with van der Waals surface area (Å²) in [4.78, 5) is 12.7. The highest BCUT2D eigenvalue weighted by Crippen LogP contribution is 2.46. The van der Waals surface area contributed by atoms with Crippen LogP contribution in [0.3, 0.4) is 0 Å². The van der Waals surface area contributed by atoms with Crippen LogP contribution in [0.4, 0.5) is 0 Å². The third kappa shape index (κ3) is 2.31. The molecule has 1 N–H and O–H groups in total. The lowest BCUT2D eigenvalue weighted by Crippen LogP contribution is -2.39. The molecular weight excluding hydrogens is 248 g/mol. The Morgan fingerprint density at radius 2 is 1.60 bits per heavy atom. The third-order valence-electron chi connectivity index (χ3n) is 5.10. The number of hydrogen-bond acceptors (Lipinski definition) is 2. The van der Waals surface area contributed by atoms with Gasteiger partial charge in [-0.15, -0.1) is 0 Å². The molecule has 1 saturated carbocycles. The van der Waals surface area contributed by atoms with Crippen molar-refractivity contribution in [1.82, 2.24) is 0 Å². The molecule has 0 aliphatic heterocycles. The molecule has 20 heavy (non-hydrogen) atoms. The van der Waals surface area contributed by atoms with Crippen LogP contribution >= 0.6 is 0 Å². The van der Waals surface area contributed by atoms with E-state index in [1.165, 1.54) is 25.7 Å². The molecule has 2 nitrogen and oxygen atoms in total. The monoisotopic (exact) mass is 272 g/mol. The van der Waals surface area contributed by atoms with Gasteiger partial charge in [-0.25, -0.2) is 0 Å². The van der Waals surface area contributed by atoms with Crippen LogP contribution in [0.2, 0.25) is 0 Å². The lowest BCUT2D eigenvalue weighted by molar-refractivity contribution is 0.0148. The molecule has 2 aliphatic rings. The Labute approximate surface area is 121 Å². The summed E-state index contributed by atoms with van der Waals surface area (Å²) in [5.41, 5.74) is 0.713. The van der Waals surface area contributed by atoms with E-state index < -0.39 is 5.60 Å². The molecule has 1 fully saturated rings. The van der Waals surface area contributed by atoms with Gasteiger partial charge in [-0.1, -0.05) is 69.2 Å². The first-order valence-electron chi connectivity index (χ1n) is 8.09. The van der Waals surface area contributed by atoms with Gasteiger partial charge in [0.05, 0.1) is 0 Å². The van der Waals surface area contributed by atoms with Gasteiger partial charge in [-0.3, -0.25) is 4.79 Å². The highest BCUT2D eigenvalue weighted by molar-refractivity contribution is 6.07. The summed E-state index contributed by atoms with van der Waals surface area (Å²) in [6.45, 7) is 0. The maximum atomic E-state index is 12.7. The number of carbonyl (C=O) groups is 1. The maximum Gasteiger partial charge on any atom is 0.195 e. The summed E-state index contributed by atoms with van der Waals surface area (Å²) >= 11 is 0. The average molecular weight is 272 g/mol. The van der Waals surface area contributed by atoms with Gasteiger partial charge in [0.2, 0.25) is 0 Å². The second-order valence-corrected chi connectivity index (χ2v) is 6.41. The Morgan fingerprint density at radius 1 is 0.950 bits per heavy atom. The Bertz CT molecular complexity index is 494. The Kier molecular flexibility index (Phi) is 3.93. The van der Waals surface area contributed by atoms with E-state index in [4.69, 9.17) is 0 Å². The predicted octanol–water partition coefficient (Wildman–Crippen LogP) is 4.22. The molecule has 1 aromatic carbocycles. The van der Waals surface area contributed by atoms with Gasteiger partial charge in [-0.2, -0.15) is 0 Å². The van der Waals surface area contributed by atoms with Crippen molar-refractivity contribution in [2.75, 3.05) is 0 Å². The second-order valence-electron chi connectivity index (χ2n) is 6.41. The molecular formula is C18H24O2. The SMILES string of the molecule is O=C1c2ccccc2[C@@H]2CCCCCCCCC[C@@]12O. The number of rotatable bonds is 0. The van der Waals surface area contributed by atoms with Crippen LogP contribution in [-0.4, -0.2) is 16.5 Å². The van der Waals surface area contributed by atoms with E-state index in [9.17, 15) is 9.90 Å². The van der Waals surface area contributed by atoms with Gasteiger partial charge in [0.25, 0.3) is 0 Å². The summed E-state index contributed by atoms with van der Waals surface area (Å²) in [5, 5.41) is 11.1. The largest absolute Gasteiger partial charge is 0.381 e. The lowest BCUT2D eigenvalue weighted by Gasteiger charge is -2.29. The fourth-order valence-corrected chi connectivity index (χ4v) is 3.97. The highest BCUT2D eigenvalue weighted by atomic mass is 16.3. The third-order valence-corrected chi connectivity index (χ3v) is 5.10. The first-order valence-corrected chi connectivity index (χ1v) is 8.09. The zero-order valence-electron chi connectivity index (χ0n) is 12.1. The normalized spacial score (nSPS) is 31.2. The van der Waals surface area contributed by atoms with Crippen LogP contribution in [0.5, 0.6) is 0 Å². The lowest BCUT2D eigenvalue weighted by atomic mass is 9.80. The smallest absolute Gasteiger partial charge is 0.195 e. The van der Waals surface area contributed by atoms with Crippen LogP contribution in [0.15, 0.2) is 24.3 Å². The molecule has 0 aromatic heterocycles.